The summed E-state index contributed by atoms with van der Waals surface area (Å²) >= 11 is 6.09. The highest BCUT2D eigenvalue weighted by Gasteiger charge is 2.44. The zero-order valence-corrected chi connectivity index (χ0v) is 18.4. The van der Waals surface area contributed by atoms with E-state index in [2.05, 4.69) is 6.92 Å². The van der Waals surface area contributed by atoms with E-state index in [1.807, 2.05) is 48.2 Å². The Morgan fingerprint density at radius 2 is 1.63 bits per heavy atom. The van der Waals surface area contributed by atoms with Crippen molar-refractivity contribution in [3.05, 3.63) is 70.2 Å². The Kier molecular flexibility index (Phi) is 6.14. The van der Waals surface area contributed by atoms with Crippen LogP contribution in [-0.2, 0) is 16.1 Å². The number of hydrogen-bond acceptors (Lipinski definition) is 2. The quantitative estimate of drug-likeness (QED) is 0.681. The van der Waals surface area contributed by atoms with Crippen molar-refractivity contribution in [1.29, 1.82) is 0 Å². The lowest BCUT2D eigenvalue weighted by Gasteiger charge is -2.46. The first-order chi connectivity index (χ1) is 14.4. The number of rotatable bonds is 4. The Morgan fingerprint density at radius 1 is 0.967 bits per heavy atom. The molecule has 2 aliphatic rings. The number of carbonyl (C=O) groups is 2. The van der Waals surface area contributed by atoms with Gasteiger partial charge in [0, 0.05) is 17.6 Å². The molecule has 1 aliphatic carbocycles. The van der Waals surface area contributed by atoms with Crippen LogP contribution in [0.5, 0.6) is 0 Å². The highest BCUT2D eigenvalue weighted by atomic mass is 35.5. The highest BCUT2D eigenvalue weighted by molar-refractivity contribution is 6.30. The molecule has 1 saturated carbocycles. The molecule has 4 rings (SSSR count). The van der Waals surface area contributed by atoms with E-state index in [1.165, 1.54) is 12.0 Å². The first-order valence-electron chi connectivity index (χ1n) is 10.8. The maximum absolute atomic E-state index is 13.8. The molecule has 0 spiro atoms. The van der Waals surface area contributed by atoms with Gasteiger partial charge in [-0.25, -0.2) is 0 Å². The predicted octanol–water partition coefficient (Wildman–Crippen LogP) is 5.14. The topological polar surface area (TPSA) is 40.6 Å². The Morgan fingerprint density at radius 3 is 2.30 bits per heavy atom. The second-order valence-electron chi connectivity index (χ2n) is 8.76. The Balaban J connectivity index is 1.68. The van der Waals surface area contributed by atoms with Crippen molar-refractivity contribution in [1.82, 2.24) is 9.80 Å². The molecule has 1 saturated heterocycles. The third-order valence-corrected chi connectivity index (χ3v) is 6.83. The number of aryl methyl sites for hydroxylation is 1. The van der Waals surface area contributed by atoms with Crippen molar-refractivity contribution in [3.63, 3.8) is 0 Å². The minimum atomic E-state index is -0.612. The molecule has 5 heteroatoms. The van der Waals surface area contributed by atoms with Crippen LogP contribution < -0.4 is 0 Å². The minimum Gasteiger partial charge on any atom is -0.328 e. The van der Waals surface area contributed by atoms with E-state index in [0.29, 0.717) is 17.5 Å². The zero-order chi connectivity index (χ0) is 21.3. The lowest BCUT2D eigenvalue weighted by molar-refractivity contribution is -0.161. The zero-order valence-electron chi connectivity index (χ0n) is 17.7. The van der Waals surface area contributed by atoms with Crippen LogP contribution in [0.25, 0.3) is 0 Å². The van der Waals surface area contributed by atoms with Crippen LogP contribution in [0.4, 0.5) is 0 Å². The van der Waals surface area contributed by atoms with Gasteiger partial charge in [0.25, 0.3) is 5.91 Å². The summed E-state index contributed by atoms with van der Waals surface area (Å²) in [7, 11) is 0. The molecule has 1 heterocycles. The number of carbonyl (C=O) groups excluding carboxylic acids is 2. The van der Waals surface area contributed by atoms with Crippen molar-refractivity contribution in [2.45, 2.75) is 58.2 Å². The molecule has 3 atom stereocenters. The molecule has 158 valence electrons. The average Bonchev–Trinajstić information content (AvgIpc) is 2.74. The van der Waals surface area contributed by atoms with Gasteiger partial charge in [-0.2, -0.15) is 0 Å². The predicted molar refractivity (Wildman–Crippen MR) is 119 cm³/mol. The van der Waals surface area contributed by atoms with Crippen molar-refractivity contribution in [2.75, 3.05) is 6.54 Å². The Hall–Kier alpha value is -2.33. The summed E-state index contributed by atoms with van der Waals surface area (Å²) in [4.78, 5) is 30.7. The first kappa shape index (κ1) is 20.9. The monoisotopic (exact) mass is 424 g/mol. The third kappa shape index (κ3) is 4.24. The average molecular weight is 425 g/mol. The fourth-order valence-electron chi connectivity index (χ4n) is 4.83. The van der Waals surface area contributed by atoms with Crippen molar-refractivity contribution >= 4 is 23.4 Å². The van der Waals surface area contributed by atoms with E-state index in [9.17, 15) is 9.59 Å². The summed E-state index contributed by atoms with van der Waals surface area (Å²) in [5.41, 5.74) is 3.02. The smallest absolute Gasteiger partial charge is 0.250 e. The number of benzene rings is 2. The molecule has 2 aromatic carbocycles. The SMILES string of the molecule is Cc1ccc(CN2C(=O)CN(C3CCCCC3C)C(=O)C2c2ccc(Cl)cc2)cc1. The molecule has 2 amide bonds. The lowest BCUT2D eigenvalue weighted by atomic mass is 9.83. The fraction of sp³-hybridized carbons (Fsp3) is 0.440. The molecule has 0 bridgehead atoms. The van der Waals surface area contributed by atoms with Gasteiger partial charge in [0.2, 0.25) is 5.91 Å². The van der Waals surface area contributed by atoms with Gasteiger partial charge in [-0.05, 0) is 48.9 Å². The summed E-state index contributed by atoms with van der Waals surface area (Å²) < 4.78 is 0. The molecular weight excluding hydrogens is 396 g/mol. The van der Waals surface area contributed by atoms with E-state index in [1.54, 1.807) is 17.0 Å². The van der Waals surface area contributed by atoms with Gasteiger partial charge >= 0.3 is 0 Å². The molecule has 3 unspecified atom stereocenters. The summed E-state index contributed by atoms with van der Waals surface area (Å²) in [5.74, 6) is 0.459. The van der Waals surface area contributed by atoms with Crippen LogP contribution in [0.15, 0.2) is 48.5 Å². The summed E-state index contributed by atoms with van der Waals surface area (Å²) in [5, 5.41) is 0.621. The van der Waals surface area contributed by atoms with Crippen LogP contribution in [0.1, 0.15) is 55.3 Å². The molecule has 30 heavy (non-hydrogen) atoms. The summed E-state index contributed by atoms with van der Waals surface area (Å²) in [6, 6.07) is 15.0. The molecule has 0 aromatic heterocycles. The standard InChI is InChI=1S/C25H29ClN2O2/c1-17-7-9-19(10-8-17)15-28-23(29)16-27(22-6-4-3-5-18(22)2)25(30)24(28)20-11-13-21(26)14-12-20/h7-14,18,22,24H,3-6,15-16H2,1-2H3. The highest BCUT2D eigenvalue weighted by Crippen LogP contribution is 2.35. The normalized spacial score (nSPS) is 25.0. The molecular formula is C25H29ClN2O2. The van der Waals surface area contributed by atoms with Crippen LogP contribution >= 0.6 is 11.6 Å². The molecule has 2 aromatic rings. The molecule has 2 fully saturated rings. The van der Waals surface area contributed by atoms with Crippen LogP contribution in [-0.4, -0.2) is 34.2 Å². The number of piperazine rings is 1. The van der Waals surface area contributed by atoms with Crippen LogP contribution in [0.2, 0.25) is 5.02 Å². The van der Waals surface area contributed by atoms with Gasteiger partial charge in [0.05, 0.1) is 0 Å². The maximum Gasteiger partial charge on any atom is 0.250 e. The maximum atomic E-state index is 13.8. The van der Waals surface area contributed by atoms with E-state index in [-0.39, 0.29) is 24.4 Å². The molecule has 4 nitrogen and oxygen atoms in total. The Bertz CT molecular complexity index is 910. The van der Waals surface area contributed by atoms with Gasteiger partial charge < -0.3 is 9.80 Å². The third-order valence-electron chi connectivity index (χ3n) is 6.58. The minimum absolute atomic E-state index is 0.00731. The molecule has 0 N–H and O–H groups in total. The van der Waals surface area contributed by atoms with Crippen molar-refractivity contribution in [3.8, 4) is 0 Å². The van der Waals surface area contributed by atoms with E-state index >= 15 is 0 Å². The van der Waals surface area contributed by atoms with E-state index in [0.717, 1.165) is 30.4 Å². The van der Waals surface area contributed by atoms with Crippen LogP contribution in [0, 0.1) is 12.8 Å². The summed E-state index contributed by atoms with van der Waals surface area (Å²) in [6.45, 7) is 4.84. The second kappa shape index (κ2) is 8.81. The molecule has 0 radical (unpaired) electrons. The van der Waals surface area contributed by atoms with Gasteiger partial charge in [-0.15, -0.1) is 0 Å². The largest absolute Gasteiger partial charge is 0.328 e. The van der Waals surface area contributed by atoms with Crippen molar-refractivity contribution in [2.24, 2.45) is 5.92 Å². The molecule has 1 aliphatic heterocycles. The van der Waals surface area contributed by atoms with Gasteiger partial charge in [-0.3, -0.25) is 9.59 Å². The Labute approximate surface area is 183 Å². The number of amides is 2. The number of hydrogen-bond donors (Lipinski definition) is 0. The van der Waals surface area contributed by atoms with Crippen molar-refractivity contribution < 1.29 is 9.59 Å². The van der Waals surface area contributed by atoms with Gasteiger partial charge in [-0.1, -0.05) is 73.3 Å². The second-order valence-corrected chi connectivity index (χ2v) is 9.19. The fourth-order valence-corrected chi connectivity index (χ4v) is 4.95. The lowest BCUT2D eigenvalue weighted by Crippen LogP contribution is -2.59. The van der Waals surface area contributed by atoms with Gasteiger partial charge in [0.15, 0.2) is 0 Å². The number of halogens is 1. The van der Waals surface area contributed by atoms with E-state index < -0.39 is 6.04 Å². The van der Waals surface area contributed by atoms with Crippen LogP contribution in [0.3, 0.4) is 0 Å². The summed E-state index contributed by atoms with van der Waals surface area (Å²) in [6.07, 6.45) is 4.41. The number of nitrogens with zero attached hydrogens (tertiary/aromatic N) is 2. The van der Waals surface area contributed by atoms with Gasteiger partial charge in [0.1, 0.15) is 12.6 Å². The first-order valence-corrected chi connectivity index (χ1v) is 11.2. The van der Waals surface area contributed by atoms with E-state index in [4.69, 9.17) is 11.6 Å².